The number of aryl methyl sites for hydroxylation is 1. The molecule has 0 bridgehead atoms. The molecular formula is C20H14N4O4S. The average Bonchev–Trinajstić information content (AvgIpc) is 3.28. The highest BCUT2D eigenvalue weighted by atomic mass is 32.1. The summed E-state index contributed by atoms with van der Waals surface area (Å²) < 4.78 is 5.22. The van der Waals surface area contributed by atoms with E-state index in [1.54, 1.807) is 18.2 Å². The maximum absolute atomic E-state index is 12.1. The third-order valence-electron chi connectivity index (χ3n) is 4.03. The van der Waals surface area contributed by atoms with E-state index in [0.29, 0.717) is 10.7 Å². The van der Waals surface area contributed by atoms with Gasteiger partial charge in [-0.2, -0.15) is 0 Å². The van der Waals surface area contributed by atoms with Gasteiger partial charge in [0.05, 0.1) is 10.6 Å². The van der Waals surface area contributed by atoms with E-state index in [4.69, 9.17) is 4.74 Å². The van der Waals surface area contributed by atoms with Crippen molar-refractivity contribution in [1.29, 1.82) is 0 Å². The van der Waals surface area contributed by atoms with E-state index in [2.05, 4.69) is 15.3 Å². The van der Waals surface area contributed by atoms with E-state index in [9.17, 15) is 14.9 Å². The van der Waals surface area contributed by atoms with Crippen molar-refractivity contribution in [3.63, 3.8) is 0 Å². The predicted molar refractivity (Wildman–Crippen MR) is 110 cm³/mol. The number of aromatic nitrogens is 1. The van der Waals surface area contributed by atoms with Crippen LogP contribution in [0.15, 0.2) is 64.6 Å². The number of cyclic esters (lactones) is 1. The molecule has 1 aromatic heterocycles. The lowest BCUT2D eigenvalue weighted by molar-refractivity contribution is -0.383. The quantitative estimate of drug-likeness (QED) is 0.290. The van der Waals surface area contributed by atoms with Gasteiger partial charge in [0, 0.05) is 17.0 Å². The molecule has 2 aromatic carbocycles. The van der Waals surface area contributed by atoms with Crippen molar-refractivity contribution in [2.75, 3.05) is 5.32 Å². The molecule has 0 radical (unpaired) electrons. The molecule has 29 heavy (non-hydrogen) atoms. The van der Waals surface area contributed by atoms with Gasteiger partial charge in [-0.3, -0.25) is 10.1 Å². The van der Waals surface area contributed by atoms with Gasteiger partial charge in [0.25, 0.3) is 5.69 Å². The summed E-state index contributed by atoms with van der Waals surface area (Å²) in [6.45, 7) is 1.84. The second-order valence-electron chi connectivity index (χ2n) is 6.15. The second-order valence-corrected chi connectivity index (χ2v) is 7.01. The average molecular weight is 406 g/mol. The van der Waals surface area contributed by atoms with E-state index in [-0.39, 0.29) is 23.0 Å². The molecule has 0 amide bonds. The van der Waals surface area contributed by atoms with E-state index < -0.39 is 10.9 Å². The van der Waals surface area contributed by atoms with Crippen LogP contribution in [-0.4, -0.2) is 21.8 Å². The number of carbonyl (C=O) groups is 1. The minimum Gasteiger partial charge on any atom is -0.402 e. The Morgan fingerprint density at radius 1 is 1.21 bits per heavy atom. The number of thiazole rings is 1. The number of nitrogens with one attached hydrogen (secondary N) is 1. The van der Waals surface area contributed by atoms with Crippen molar-refractivity contribution < 1.29 is 14.5 Å². The molecule has 0 saturated heterocycles. The Kier molecular flexibility index (Phi) is 4.88. The molecule has 8 nitrogen and oxygen atoms in total. The fourth-order valence-corrected chi connectivity index (χ4v) is 3.39. The van der Waals surface area contributed by atoms with Crippen LogP contribution in [0.5, 0.6) is 0 Å². The molecule has 2 heterocycles. The zero-order chi connectivity index (χ0) is 20.4. The van der Waals surface area contributed by atoms with Crippen molar-refractivity contribution in [2.24, 2.45) is 4.99 Å². The Morgan fingerprint density at radius 3 is 2.69 bits per heavy atom. The van der Waals surface area contributed by atoms with Crippen LogP contribution in [0.25, 0.3) is 6.08 Å². The summed E-state index contributed by atoms with van der Waals surface area (Å²) in [5.74, 6) is -0.580. The monoisotopic (exact) mass is 406 g/mol. The smallest absolute Gasteiger partial charge is 0.363 e. The SMILES string of the molecule is Cc1csc(Nc2ccc(C3=N/C(=C/c4ccccc4)C(=O)O3)cc2[N+](=O)[O-])n1. The maximum Gasteiger partial charge on any atom is 0.363 e. The molecule has 4 rings (SSSR count). The number of nitro groups is 1. The predicted octanol–water partition coefficient (Wildman–Crippen LogP) is 4.45. The molecule has 0 unspecified atom stereocenters. The molecule has 9 heteroatoms. The number of carbonyl (C=O) groups excluding carboxylic acids is 1. The van der Waals surface area contributed by atoms with E-state index in [1.165, 1.54) is 17.4 Å². The van der Waals surface area contributed by atoms with E-state index >= 15 is 0 Å². The molecule has 1 aliphatic rings. The normalized spacial score (nSPS) is 14.6. The molecule has 0 aliphatic carbocycles. The Balaban J connectivity index is 1.66. The third-order valence-corrected chi connectivity index (χ3v) is 4.90. The molecule has 0 atom stereocenters. The summed E-state index contributed by atoms with van der Waals surface area (Å²) in [6.07, 6.45) is 1.60. The standard InChI is InChI=1S/C20H14N4O4S/c1-12-11-29-20(21-12)23-15-8-7-14(10-17(15)24(26)27)18-22-16(19(25)28-18)9-13-5-3-2-4-6-13/h2-11H,1H3,(H,21,23)/b16-9+. The van der Waals surface area contributed by atoms with Crippen LogP contribution in [-0.2, 0) is 9.53 Å². The van der Waals surface area contributed by atoms with Gasteiger partial charge in [-0.05, 0) is 30.7 Å². The number of hydrogen-bond acceptors (Lipinski definition) is 8. The van der Waals surface area contributed by atoms with Crippen molar-refractivity contribution in [1.82, 2.24) is 4.98 Å². The first-order valence-corrected chi connectivity index (χ1v) is 9.43. The molecule has 1 aliphatic heterocycles. The Hall–Kier alpha value is -3.85. The molecule has 0 saturated carbocycles. The lowest BCUT2D eigenvalue weighted by Gasteiger charge is -2.06. The molecule has 1 N–H and O–H groups in total. The fraction of sp³-hybridized carbons (Fsp3) is 0.0500. The summed E-state index contributed by atoms with van der Waals surface area (Å²) in [7, 11) is 0. The zero-order valence-electron chi connectivity index (χ0n) is 15.2. The summed E-state index contributed by atoms with van der Waals surface area (Å²) in [4.78, 5) is 31.6. The fourth-order valence-electron chi connectivity index (χ4n) is 2.69. The van der Waals surface area contributed by atoms with Crippen LogP contribution in [0.2, 0.25) is 0 Å². The first-order valence-electron chi connectivity index (χ1n) is 8.55. The van der Waals surface area contributed by atoms with Gasteiger partial charge in [0.15, 0.2) is 10.8 Å². The van der Waals surface area contributed by atoms with Gasteiger partial charge < -0.3 is 10.1 Å². The highest BCUT2D eigenvalue weighted by molar-refractivity contribution is 7.13. The summed E-state index contributed by atoms with van der Waals surface area (Å²) in [5, 5.41) is 16.9. The highest BCUT2D eigenvalue weighted by Gasteiger charge is 2.26. The van der Waals surface area contributed by atoms with Crippen LogP contribution >= 0.6 is 11.3 Å². The molecular weight excluding hydrogens is 392 g/mol. The Bertz CT molecular complexity index is 1170. The lowest BCUT2D eigenvalue weighted by atomic mass is 10.1. The van der Waals surface area contributed by atoms with E-state index in [0.717, 1.165) is 11.3 Å². The van der Waals surface area contributed by atoms with Gasteiger partial charge in [-0.25, -0.2) is 14.8 Å². The Morgan fingerprint density at radius 2 is 2.00 bits per heavy atom. The number of esters is 1. The lowest BCUT2D eigenvalue weighted by Crippen LogP contribution is -2.06. The molecule has 3 aromatic rings. The van der Waals surface area contributed by atoms with Gasteiger partial charge in [-0.15, -0.1) is 11.3 Å². The van der Waals surface area contributed by atoms with Crippen LogP contribution in [0, 0.1) is 17.0 Å². The van der Waals surface area contributed by atoms with Crippen LogP contribution in [0.3, 0.4) is 0 Å². The van der Waals surface area contributed by atoms with Crippen molar-refractivity contribution >= 4 is 45.8 Å². The van der Waals surface area contributed by atoms with Crippen LogP contribution < -0.4 is 5.32 Å². The van der Waals surface area contributed by atoms with Gasteiger partial charge in [0.2, 0.25) is 5.90 Å². The largest absolute Gasteiger partial charge is 0.402 e. The number of benzene rings is 2. The minimum absolute atomic E-state index is 0.0249. The second kappa shape index (κ2) is 7.64. The Labute approximate surface area is 169 Å². The third kappa shape index (κ3) is 4.04. The number of ether oxygens (including phenoxy) is 1. The van der Waals surface area contributed by atoms with E-state index in [1.807, 2.05) is 42.6 Å². The molecule has 0 fully saturated rings. The van der Waals surface area contributed by atoms with Gasteiger partial charge >= 0.3 is 5.97 Å². The van der Waals surface area contributed by atoms with Crippen molar-refractivity contribution in [3.05, 3.63) is 86.5 Å². The number of hydrogen-bond donors (Lipinski definition) is 1. The summed E-state index contributed by atoms with van der Waals surface area (Å²) in [6, 6.07) is 13.7. The van der Waals surface area contributed by atoms with Crippen LogP contribution in [0.4, 0.5) is 16.5 Å². The van der Waals surface area contributed by atoms with Crippen LogP contribution in [0.1, 0.15) is 16.8 Å². The first kappa shape index (κ1) is 18.5. The summed E-state index contributed by atoms with van der Waals surface area (Å²) >= 11 is 1.35. The summed E-state index contributed by atoms with van der Waals surface area (Å²) in [5.41, 5.74) is 2.21. The topological polar surface area (TPSA) is 107 Å². The van der Waals surface area contributed by atoms with Crippen molar-refractivity contribution in [2.45, 2.75) is 6.92 Å². The first-order chi connectivity index (χ1) is 14.0. The van der Waals surface area contributed by atoms with Gasteiger partial charge in [0.1, 0.15) is 5.69 Å². The van der Waals surface area contributed by atoms with Gasteiger partial charge in [-0.1, -0.05) is 30.3 Å². The number of aliphatic imine (C=N–C) groups is 1. The van der Waals surface area contributed by atoms with Crippen molar-refractivity contribution in [3.8, 4) is 0 Å². The minimum atomic E-state index is -0.605. The number of nitro benzene ring substituents is 1. The number of rotatable bonds is 5. The molecule has 144 valence electrons. The highest BCUT2D eigenvalue weighted by Crippen LogP contribution is 2.31. The molecule has 0 spiro atoms. The maximum atomic E-state index is 12.1. The number of anilines is 2. The zero-order valence-corrected chi connectivity index (χ0v) is 16.0. The number of nitrogens with zero attached hydrogens (tertiary/aromatic N) is 3.